The molecule has 3 heteroatoms. The number of carbonyl (C=O) groups excluding carboxylic acids is 1. The molecule has 1 heterocycles. The summed E-state index contributed by atoms with van der Waals surface area (Å²) in [5, 5.41) is 3.59. The van der Waals surface area contributed by atoms with E-state index in [1.165, 1.54) is 77.0 Å². The van der Waals surface area contributed by atoms with E-state index in [1.807, 2.05) is 0 Å². The maximum absolute atomic E-state index is 12.9. The number of hydrogen-bond acceptors (Lipinski definition) is 2. The highest BCUT2D eigenvalue weighted by atomic mass is 16.2. The lowest BCUT2D eigenvalue weighted by Crippen LogP contribution is -2.61. The molecule has 5 aliphatic carbocycles. The molecule has 1 aliphatic heterocycles. The zero-order valence-corrected chi connectivity index (χ0v) is 15.1. The van der Waals surface area contributed by atoms with E-state index in [-0.39, 0.29) is 5.54 Å². The van der Waals surface area contributed by atoms with Crippen LogP contribution in [-0.2, 0) is 4.79 Å². The van der Waals surface area contributed by atoms with Gasteiger partial charge in [0, 0.05) is 11.6 Å². The minimum Gasteiger partial charge on any atom is -0.350 e. The van der Waals surface area contributed by atoms with E-state index in [4.69, 9.17) is 0 Å². The molecule has 1 saturated heterocycles. The highest BCUT2D eigenvalue weighted by Gasteiger charge is 2.51. The van der Waals surface area contributed by atoms with E-state index in [2.05, 4.69) is 10.2 Å². The van der Waals surface area contributed by atoms with Crippen LogP contribution in [0.3, 0.4) is 0 Å². The van der Waals surface area contributed by atoms with Crippen molar-refractivity contribution in [2.75, 3.05) is 13.1 Å². The largest absolute Gasteiger partial charge is 0.350 e. The van der Waals surface area contributed by atoms with Gasteiger partial charge in [-0.05, 0) is 94.4 Å². The van der Waals surface area contributed by atoms with Gasteiger partial charge < -0.3 is 5.32 Å². The van der Waals surface area contributed by atoms with E-state index in [0.717, 1.165) is 30.2 Å². The Morgan fingerprint density at radius 2 is 1.54 bits per heavy atom. The Labute approximate surface area is 146 Å². The summed E-state index contributed by atoms with van der Waals surface area (Å²) >= 11 is 0. The smallest absolute Gasteiger partial charge is 0.234 e. The lowest BCUT2D eigenvalue weighted by Gasteiger charge is -2.57. The standard InChI is InChI=1S/C21H34N2O/c24-20(14-23-7-3-5-18-4-1-2-6-19(18)23)22-21-11-15-8-16(12-21)10-17(9-15)13-21/h15-19H,1-14H2,(H,22,24)/t15?,16?,17?,18-,19+,21?/m1/s1. The second kappa shape index (κ2) is 6.00. The van der Waals surface area contributed by atoms with Crippen molar-refractivity contribution in [1.29, 1.82) is 0 Å². The summed E-state index contributed by atoms with van der Waals surface area (Å²) in [5.74, 6) is 3.95. The number of nitrogens with zero attached hydrogens (tertiary/aromatic N) is 1. The van der Waals surface area contributed by atoms with Crippen molar-refractivity contribution in [3.05, 3.63) is 0 Å². The Balaban J connectivity index is 1.23. The van der Waals surface area contributed by atoms with E-state index >= 15 is 0 Å². The molecule has 134 valence electrons. The quantitative estimate of drug-likeness (QED) is 0.855. The molecule has 0 spiro atoms. The average molecular weight is 331 g/mol. The monoisotopic (exact) mass is 330 g/mol. The van der Waals surface area contributed by atoms with Gasteiger partial charge in [0.2, 0.25) is 5.91 Å². The van der Waals surface area contributed by atoms with Gasteiger partial charge in [0.1, 0.15) is 0 Å². The fourth-order valence-corrected chi connectivity index (χ4v) is 7.71. The second-order valence-electron chi connectivity index (χ2n) is 9.97. The number of rotatable bonds is 3. The summed E-state index contributed by atoms with van der Waals surface area (Å²) < 4.78 is 0. The molecule has 6 rings (SSSR count). The number of fused-ring (bicyclic) bond motifs is 1. The molecule has 4 bridgehead atoms. The van der Waals surface area contributed by atoms with Crippen LogP contribution in [0.4, 0.5) is 0 Å². The van der Waals surface area contributed by atoms with Crippen LogP contribution in [0.2, 0.25) is 0 Å². The van der Waals surface area contributed by atoms with Crippen LogP contribution >= 0.6 is 0 Å². The third-order valence-electron chi connectivity index (χ3n) is 8.15. The van der Waals surface area contributed by atoms with Crippen LogP contribution in [0, 0.1) is 23.7 Å². The van der Waals surface area contributed by atoms with Crippen LogP contribution in [0.1, 0.15) is 77.0 Å². The maximum atomic E-state index is 12.9. The molecule has 0 radical (unpaired) electrons. The summed E-state index contributed by atoms with van der Waals surface area (Å²) in [5.41, 5.74) is 0.188. The van der Waals surface area contributed by atoms with Crippen LogP contribution in [0.5, 0.6) is 0 Å². The van der Waals surface area contributed by atoms with Gasteiger partial charge in [0.25, 0.3) is 0 Å². The van der Waals surface area contributed by atoms with Gasteiger partial charge in [-0.2, -0.15) is 0 Å². The molecule has 0 aromatic heterocycles. The van der Waals surface area contributed by atoms with Gasteiger partial charge in [-0.3, -0.25) is 9.69 Å². The van der Waals surface area contributed by atoms with Crippen molar-refractivity contribution in [1.82, 2.24) is 10.2 Å². The molecule has 6 fully saturated rings. The van der Waals surface area contributed by atoms with Crippen LogP contribution in [0.15, 0.2) is 0 Å². The summed E-state index contributed by atoms with van der Waals surface area (Å²) in [4.78, 5) is 15.5. The SMILES string of the molecule is O=C(CN1CCC[C@H]2CCCC[C@@H]21)NC12CC3CC(CC(C3)C1)C2. The average Bonchev–Trinajstić information content (AvgIpc) is 2.53. The van der Waals surface area contributed by atoms with Crippen LogP contribution in [-0.4, -0.2) is 35.5 Å². The normalized spacial score (nSPS) is 47.4. The molecule has 0 aromatic rings. The summed E-state index contributed by atoms with van der Waals surface area (Å²) in [7, 11) is 0. The fraction of sp³-hybridized carbons (Fsp3) is 0.952. The predicted octanol–water partition coefficient (Wildman–Crippen LogP) is 3.73. The number of hydrogen-bond donors (Lipinski definition) is 1. The molecule has 1 amide bonds. The zero-order valence-electron chi connectivity index (χ0n) is 15.1. The van der Waals surface area contributed by atoms with Crippen LogP contribution in [0.25, 0.3) is 0 Å². The molecular formula is C21H34N2O. The molecular weight excluding hydrogens is 296 g/mol. The first-order chi connectivity index (χ1) is 11.7. The maximum Gasteiger partial charge on any atom is 0.234 e. The first kappa shape index (κ1) is 15.7. The van der Waals surface area contributed by atoms with Crippen molar-refractivity contribution in [3.8, 4) is 0 Å². The summed E-state index contributed by atoms with van der Waals surface area (Å²) in [6.07, 6.45) is 16.4. The third-order valence-corrected chi connectivity index (χ3v) is 8.15. The lowest BCUT2D eigenvalue weighted by atomic mass is 9.53. The molecule has 3 nitrogen and oxygen atoms in total. The Hall–Kier alpha value is -0.570. The molecule has 6 aliphatic rings. The third kappa shape index (κ3) is 2.81. The topological polar surface area (TPSA) is 32.3 Å². The first-order valence-electron chi connectivity index (χ1n) is 10.7. The molecule has 2 atom stereocenters. The predicted molar refractivity (Wildman–Crippen MR) is 95.6 cm³/mol. The van der Waals surface area contributed by atoms with Crippen molar-refractivity contribution < 1.29 is 4.79 Å². The molecule has 1 N–H and O–H groups in total. The summed E-state index contributed by atoms with van der Waals surface area (Å²) in [6, 6.07) is 0.703. The van der Waals surface area contributed by atoms with Crippen molar-refractivity contribution in [2.45, 2.75) is 88.6 Å². The first-order valence-corrected chi connectivity index (χ1v) is 10.7. The molecule has 0 unspecified atom stereocenters. The van der Waals surface area contributed by atoms with Gasteiger partial charge in [-0.1, -0.05) is 12.8 Å². The minimum absolute atomic E-state index is 0.188. The van der Waals surface area contributed by atoms with Gasteiger partial charge in [0.15, 0.2) is 0 Å². The Morgan fingerprint density at radius 3 is 2.25 bits per heavy atom. The van der Waals surface area contributed by atoms with Gasteiger partial charge >= 0.3 is 0 Å². The molecule has 5 saturated carbocycles. The number of nitrogens with one attached hydrogen (secondary N) is 1. The number of carbonyl (C=O) groups is 1. The van der Waals surface area contributed by atoms with Gasteiger partial charge in [-0.25, -0.2) is 0 Å². The number of likely N-dealkylation sites (tertiary alicyclic amines) is 1. The fourth-order valence-electron chi connectivity index (χ4n) is 7.71. The lowest BCUT2D eigenvalue weighted by molar-refractivity contribution is -0.129. The Kier molecular flexibility index (Phi) is 3.92. The molecule has 0 aromatic carbocycles. The van der Waals surface area contributed by atoms with Gasteiger partial charge in [-0.15, -0.1) is 0 Å². The highest BCUT2D eigenvalue weighted by Crippen LogP contribution is 2.55. The molecule has 24 heavy (non-hydrogen) atoms. The van der Waals surface area contributed by atoms with E-state index in [9.17, 15) is 4.79 Å². The van der Waals surface area contributed by atoms with Crippen molar-refractivity contribution in [3.63, 3.8) is 0 Å². The van der Waals surface area contributed by atoms with Crippen molar-refractivity contribution >= 4 is 5.91 Å². The minimum atomic E-state index is 0.188. The number of piperidine rings is 1. The summed E-state index contributed by atoms with van der Waals surface area (Å²) in [6.45, 7) is 1.82. The Morgan fingerprint density at radius 1 is 0.917 bits per heavy atom. The van der Waals surface area contributed by atoms with E-state index < -0.39 is 0 Å². The van der Waals surface area contributed by atoms with E-state index in [0.29, 0.717) is 18.5 Å². The van der Waals surface area contributed by atoms with Gasteiger partial charge in [0.05, 0.1) is 6.54 Å². The highest BCUT2D eigenvalue weighted by molar-refractivity contribution is 5.79. The van der Waals surface area contributed by atoms with Crippen LogP contribution < -0.4 is 5.32 Å². The van der Waals surface area contributed by atoms with Crippen molar-refractivity contribution in [2.24, 2.45) is 23.7 Å². The second-order valence-corrected chi connectivity index (χ2v) is 9.97. The van der Waals surface area contributed by atoms with E-state index in [1.54, 1.807) is 0 Å². The zero-order chi connectivity index (χ0) is 16.1. The Bertz CT molecular complexity index is 465. The number of amides is 1.